The van der Waals surface area contributed by atoms with Gasteiger partial charge in [0.05, 0.1) is 6.61 Å². The van der Waals surface area contributed by atoms with E-state index in [0.29, 0.717) is 0 Å². The number of ether oxygens (including phenoxy) is 1. The van der Waals surface area contributed by atoms with Crippen LogP contribution in [0.4, 0.5) is 17.6 Å². The Labute approximate surface area is 88.1 Å². The van der Waals surface area contributed by atoms with Crippen LogP contribution in [0.2, 0.25) is 0 Å². The van der Waals surface area contributed by atoms with Crippen LogP contribution in [0.3, 0.4) is 0 Å². The van der Waals surface area contributed by atoms with Crippen molar-refractivity contribution in [2.45, 2.75) is 18.3 Å². The quantitative estimate of drug-likeness (QED) is 0.425. The highest BCUT2D eigenvalue weighted by atomic mass is 19.3. The fraction of sp³-hybridized carbons (Fsp3) is 0.556. The summed E-state index contributed by atoms with van der Waals surface area (Å²) < 4.78 is 55.1. The Hall–Kier alpha value is -1.40. The first-order valence-electron chi connectivity index (χ1n) is 4.34. The number of rotatable bonds is 4. The molecule has 1 rings (SSSR count). The zero-order valence-electron chi connectivity index (χ0n) is 8.01. The lowest BCUT2D eigenvalue weighted by Crippen LogP contribution is -2.66. The summed E-state index contributed by atoms with van der Waals surface area (Å²) in [6, 6.07) is 0. The lowest BCUT2D eigenvalue weighted by Gasteiger charge is -2.41. The molecule has 0 N–H and O–H groups in total. The van der Waals surface area contributed by atoms with E-state index in [1.54, 1.807) is 0 Å². The van der Waals surface area contributed by atoms with Crippen LogP contribution in [0.15, 0.2) is 12.7 Å². The summed E-state index contributed by atoms with van der Waals surface area (Å²) in [5.41, 5.74) is 0. The largest absolute Gasteiger partial charge is 0.463 e. The van der Waals surface area contributed by atoms with Crippen molar-refractivity contribution in [3.8, 4) is 0 Å². The van der Waals surface area contributed by atoms with Crippen molar-refractivity contribution in [2.75, 3.05) is 6.61 Å². The Kier molecular flexibility index (Phi) is 3.07. The zero-order chi connectivity index (χ0) is 12.6. The summed E-state index contributed by atoms with van der Waals surface area (Å²) in [6.07, 6.45) is 0.00747. The average molecular weight is 240 g/mol. The van der Waals surface area contributed by atoms with E-state index in [1.807, 2.05) is 0 Å². The zero-order valence-corrected chi connectivity index (χ0v) is 8.01. The molecular weight excluding hydrogens is 232 g/mol. The molecule has 1 aliphatic rings. The second-order valence-corrected chi connectivity index (χ2v) is 3.29. The van der Waals surface area contributed by atoms with Gasteiger partial charge in [-0.2, -0.15) is 17.6 Å². The molecule has 1 fully saturated rings. The molecule has 0 unspecified atom stereocenters. The number of carbonyl (C=O) groups is 2. The van der Waals surface area contributed by atoms with Gasteiger partial charge in [0.15, 0.2) is 0 Å². The lowest BCUT2D eigenvalue weighted by molar-refractivity contribution is -0.249. The van der Waals surface area contributed by atoms with Crippen LogP contribution in [-0.4, -0.2) is 30.2 Å². The van der Waals surface area contributed by atoms with Gasteiger partial charge in [0, 0.05) is 6.08 Å². The SMILES string of the molecule is C=CC(=O)OCCC1C(F)(F)C(=O)C1(F)F. The topological polar surface area (TPSA) is 43.4 Å². The minimum Gasteiger partial charge on any atom is -0.463 e. The number of ketones is 1. The van der Waals surface area contributed by atoms with Gasteiger partial charge in [-0.05, 0) is 6.42 Å². The van der Waals surface area contributed by atoms with E-state index in [-0.39, 0.29) is 0 Å². The van der Waals surface area contributed by atoms with Crippen molar-refractivity contribution in [3.63, 3.8) is 0 Å². The van der Waals surface area contributed by atoms with Gasteiger partial charge in [-0.3, -0.25) is 4.79 Å². The molecule has 0 aliphatic heterocycles. The van der Waals surface area contributed by atoms with Crippen LogP contribution in [0.25, 0.3) is 0 Å². The maximum Gasteiger partial charge on any atom is 0.330 e. The van der Waals surface area contributed by atoms with Gasteiger partial charge in [0.2, 0.25) is 0 Å². The highest BCUT2D eigenvalue weighted by Gasteiger charge is 2.76. The second kappa shape index (κ2) is 3.88. The van der Waals surface area contributed by atoms with E-state index < -0.39 is 42.5 Å². The summed E-state index contributed by atoms with van der Waals surface area (Å²) >= 11 is 0. The van der Waals surface area contributed by atoms with Gasteiger partial charge in [-0.15, -0.1) is 0 Å². The van der Waals surface area contributed by atoms with Crippen molar-refractivity contribution >= 4 is 11.8 Å². The minimum absolute atomic E-state index is 0.603. The molecule has 16 heavy (non-hydrogen) atoms. The van der Waals surface area contributed by atoms with Crippen molar-refractivity contribution in [2.24, 2.45) is 5.92 Å². The third-order valence-electron chi connectivity index (χ3n) is 2.30. The Bertz CT molecular complexity index is 320. The fourth-order valence-corrected chi connectivity index (χ4v) is 1.39. The van der Waals surface area contributed by atoms with Crippen LogP contribution >= 0.6 is 0 Å². The Morgan fingerprint density at radius 2 is 1.88 bits per heavy atom. The summed E-state index contributed by atoms with van der Waals surface area (Å²) in [6.45, 7) is 2.43. The molecule has 90 valence electrons. The minimum atomic E-state index is -4.04. The summed E-state index contributed by atoms with van der Waals surface area (Å²) in [5.74, 6) is -13.7. The molecule has 0 spiro atoms. The summed E-state index contributed by atoms with van der Waals surface area (Å²) in [4.78, 5) is 20.8. The molecular formula is C9H8F4O3. The highest BCUT2D eigenvalue weighted by molar-refractivity contribution is 5.99. The van der Waals surface area contributed by atoms with Crippen LogP contribution in [-0.2, 0) is 14.3 Å². The smallest absolute Gasteiger partial charge is 0.330 e. The maximum absolute atomic E-state index is 12.7. The van der Waals surface area contributed by atoms with Gasteiger partial charge < -0.3 is 4.74 Å². The van der Waals surface area contributed by atoms with Crippen LogP contribution in [0.1, 0.15) is 6.42 Å². The Morgan fingerprint density at radius 3 is 2.31 bits per heavy atom. The highest BCUT2D eigenvalue weighted by Crippen LogP contribution is 2.52. The number of Topliss-reactive ketones (excluding diaryl/α,β-unsaturated/α-hetero) is 1. The van der Waals surface area contributed by atoms with Crippen molar-refractivity contribution < 1.29 is 31.9 Å². The van der Waals surface area contributed by atoms with Gasteiger partial charge in [-0.25, -0.2) is 4.79 Å². The molecule has 1 aliphatic carbocycles. The van der Waals surface area contributed by atoms with Gasteiger partial charge in [0.1, 0.15) is 5.92 Å². The third kappa shape index (κ3) is 1.81. The molecule has 0 aromatic rings. The number of hydrogen-bond acceptors (Lipinski definition) is 3. The van der Waals surface area contributed by atoms with Crippen LogP contribution in [0.5, 0.6) is 0 Å². The van der Waals surface area contributed by atoms with E-state index >= 15 is 0 Å². The Balaban J connectivity index is 2.52. The number of hydrogen-bond donors (Lipinski definition) is 0. The van der Waals surface area contributed by atoms with E-state index in [4.69, 9.17) is 0 Å². The van der Waals surface area contributed by atoms with Gasteiger partial charge in [0.25, 0.3) is 5.78 Å². The molecule has 0 aromatic heterocycles. The normalized spacial score (nSPS) is 22.4. The number of carbonyl (C=O) groups excluding carboxylic acids is 2. The predicted octanol–water partition coefficient (Wildman–Crippen LogP) is 1.58. The predicted molar refractivity (Wildman–Crippen MR) is 44.2 cm³/mol. The molecule has 0 saturated heterocycles. The second-order valence-electron chi connectivity index (χ2n) is 3.29. The molecule has 0 bridgehead atoms. The Morgan fingerprint density at radius 1 is 1.38 bits per heavy atom. The molecule has 0 heterocycles. The molecule has 0 radical (unpaired) electrons. The molecule has 0 amide bonds. The number of halogens is 4. The number of alkyl halides is 4. The van der Waals surface area contributed by atoms with Crippen molar-refractivity contribution in [1.82, 2.24) is 0 Å². The van der Waals surface area contributed by atoms with Gasteiger partial charge in [-0.1, -0.05) is 6.58 Å². The van der Waals surface area contributed by atoms with E-state index in [0.717, 1.165) is 6.08 Å². The molecule has 0 aromatic carbocycles. The third-order valence-corrected chi connectivity index (χ3v) is 2.30. The van der Waals surface area contributed by atoms with Crippen LogP contribution < -0.4 is 0 Å². The van der Waals surface area contributed by atoms with Crippen molar-refractivity contribution in [1.29, 1.82) is 0 Å². The fourth-order valence-electron chi connectivity index (χ4n) is 1.39. The van der Waals surface area contributed by atoms with Crippen molar-refractivity contribution in [3.05, 3.63) is 12.7 Å². The monoisotopic (exact) mass is 240 g/mol. The lowest BCUT2D eigenvalue weighted by atomic mass is 9.73. The first-order chi connectivity index (χ1) is 7.24. The first kappa shape index (κ1) is 12.7. The summed E-state index contributed by atoms with van der Waals surface area (Å²) in [5, 5.41) is 0. The van der Waals surface area contributed by atoms with Crippen LogP contribution in [0, 0.1) is 5.92 Å². The number of esters is 1. The van der Waals surface area contributed by atoms with Gasteiger partial charge >= 0.3 is 17.8 Å². The molecule has 1 saturated carbocycles. The molecule has 7 heteroatoms. The summed E-state index contributed by atoms with van der Waals surface area (Å²) in [7, 11) is 0. The van der Waals surface area contributed by atoms with E-state index in [2.05, 4.69) is 11.3 Å². The van der Waals surface area contributed by atoms with E-state index in [9.17, 15) is 27.2 Å². The molecule has 3 nitrogen and oxygen atoms in total. The first-order valence-corrected chi connectivity index (χ1v) is 4.34. The standard InChI is InChI=1S/C9H8F4O3/c1-2-6(14)16-4-3-5-8(10,11)7(15)9(5,12)13/h2,5H,1,3-4H2. The maximum atomic E-state index is 12.7. The van der Waals surface area contributed by atoms with E-state index in [1.165, 1.54) is 0 Å². The molecule has 0 atom stereocenters. The average Bonchev–Trinajstić information content (AvgIpc) is 2.22.